The molecular weight excluding hydrogens is 491 g/mol. The van der Waals surface area contributed by atoms with Crippen molar-refractivity contribution < 1.29 is 9.53 Å². The molecule has 1 saturated heterocycles. The lowest BCUT2D eigenvalue weighted by Crippen LogP contribution is -2.39. The molecule has 2 atom stereocenters. The summed E-state index contributed by atoms with van der Waals surface area (Å²) in [7, 11) is 0. The second-order valence-corrected chi connectivity index (χ2v) is 9.59. The molecule has 0 spiro atoms. The van der Waals surface area contributed by atoms with Crippen molar-refractivity contribution in [2.45, 2.75) is 38.3 Å². The molecule has 2 aliphatic rings. The van der Waals surface area contributed by atoms with Crippen LogP contribution in [0.15, 0.2) is 72.8 Å². The van der Waals surface area contributed by atoms with Crippen molar-refractivity contribution in [1.29, 1.82) is 0 Å². The van der Waals surface area contributed by atoms with E-state index in [-0.39, 0.29) is 24.8 Å². The molecule has 0 amide bonds. The molecule has 5 rings (SSSR count). The fourth-order valence-electron chi connectivity index (χ4n) is 5.52. The van der Waals surface area contributed by atoms with E-state index in [4.69, 9.17) is 4.74 Å². The van der Waals surface area contributed by atoms with Gasteiger partial charge in [0.1, 0.15) is 18.6 Å². The van der Waals surface area contributed by atoms with Gasteiger partial charge in [0.25, 0.3) is 0 Å². The Balaban J connectivity index is 0.00000180. The highest BCUT2D eigenvalue weighted by atomic mass is 35.5. The van der Waals surface area contributed by atoms with Gasteiger partial charge in [-0.15, -0.1) is 24.8 Å². The SMILES string of the molecule is Cl.Cl.O=CCCC1CCN(Cc2cccc(-c3ccccc3)c2)CC1c1ccc2c(c1)CNCCO2. The minimum Gasteiger partial charge on any atom is -0.492 e. The Morgan fingerprint density at radius 2 is 1.81 bits per heavy atom. The van der Waals surface area contributed by atoms with Crippen LogP contribution in [0.5, 0.6) is 5.75 Å². The van der Waals surface area contributed by atoms with Gasteiger partial charge in [-0.3, -0.25) is 4.90 Å². The van der Waals surface area contributed by atoms with Crippen molar-refractivity contribution in [1.82, 2.24) is 10.2 Å². The van der Waals surface area contributed by atoms with E-state index in [1.165, 1.54) is 27.8 Å². The van der Waals surface area contributed by atoms with Crippen molar-refractivity contribution in [3.63, 3.8) is 0 Å². The summed E-state index contributed by atoms with van der Waals surface area (Å²) in [6.45, 7) is 5.49. The highest BCUT2D eigenvalue weighted by molar-refractivity contribution is 5.85. The van der Waals surface area contributed by atoms with Crippen LogP contribution in [0.3, 0.4) is 0 Å². The maximum atomic E-state index is 11.1. The minimum atomic E-state index is 0. The summed E-state index contributed by atoms with van der Waals surface area (Å²) in [5, 5.41) is 3.46. The zero-order chi connectivity index (χ0) is 23.2. The van der Waals surface area contributed by atoms with Crippen molar-refractivity contribution >= 4 is 31.1 Å². The highest BCUT2D eigenvalue weighted by Gasteiger charge is 2.30. The van der Waals surface area contributed by atoms with Crippen LogP contribution in [0.25, 0.3) is 11.1 Å². The van der Waals surface area contributed by atoms with E-state index in [0.717, 1.165) is 57.6 Å². The first-order valence-electron chi connectivity index (χ1n) is 12.6. The maximum absolute atomic E-state index is 11.1. The van der Waals surface area contributed by atoms with Crippen molar-refractivity contribution in [3.05, 3.63) is 89.5 Å². The predicted octanol–water partition coefficient (Wildman–Crippen LogP) is 6.26. The normalized spacial score (nSPS) is 19.6. The number of fused-ring (bicyclic) bond motifs is 1. The molecule has 6 heteroatoms. The van der Waals surface area contributed by atoms with Crippen LogP contribution in [0, 0.1) is 5.92 Å². The first-order valence-corrected chi connectivity index (χ1v) is 12.6. The van der Waals surface area contributed by atoms with Crippen molar-refractivity contribution in [2.24, 2.45) is 5.92 Å². The van der Waals surface area contributed by atoms with E-state index in [1.807, 2.05) is 0 Å². The molecule has 0 bridgehead atoms. The molecule has 4 nitrogen and oxygen atoms in total. The Hall–Kier alpha value is -2.37. The fourth-order valence-corrected chi connectivity index (χ4v) is 5.52. The molecule has 0 aliphatic carbocycles. The molecule has 3 aromatic rings. The number of carbonyl (C=O) groups excluding carboxylic acids is 1. The smallest absolute Gasteiger partial charge is 0.123 e. The predicted molar refractivity (Wildman–Crippen MR) is 151 cm³/mol. The number of likely N-dealkylation sites (tertiary alicyclic amines) is 1. The zero-order valence-corrected chi connectivity index (χ0v) is 22.2. The standard InChI is InChI=1S/C30H34N2O2.2ClH/c33-16-5-10-25-13-15-32(21-23-6-4-9-26(18-23)24-7-2-1-3-8-24)22-29(25)27-11-12-30-28(19-27)20-31-14-17-34-30;;/h1-4,6-9,11-12,16,18-19,25,29,31H,5,10,13-15,17,20-22H2;2*1H. The number of nitrogens with zero attached hydrogens (tertiary/aromatic N) is 1. The molecule has 0 aromatic heterocycles. The number of benzene rings is 3. The number of rotatable bonds is 7. The van der Waals surface area contributed by atoms with Crippen LogP contribution >= 0.6 is 24.8 Å². The lowest BCUT2D eigenvalue weighted by atomic mass is 9.78. The third-order valence-electron chi connectivity index (χ3n) is 7.30. The summed E-state index contributed by atoms with van der Waals surface area (Å²) in [4.78, 5) is 13.7. The van der Waals surface area contributed by atoms with Crippen molar-refractivity contribution in [3.8, 4) is 16.9 Å². The number of ether oxygens (including phenoxy) is 1. The number of carbonyl (C=O) groups is 1. The average Bonchev–Trinajstić information content (AvgIpc) is 3.13. The molecule has 2 unspecified atom stereocenters. The van der Waals surface area contributed by atoms with E-state index in [9.17, 15) is 4.79 Å². The quantitative estimate of drug-likeness (QED) is 0.368. The topological polar surface area (TPSA) is 41.6 Å². The van der Waals surface area contributed by atoms with Gasteiger partial charge in [-0.25, -0.2) is 0 Å². The summed E-state index contributed by atoms with van der Waals surface area (Å²) in [6.07, 6.45) is 3.82. The monoisotopic (exact) mass is 526 g/mol. The summed E-state index contributed by atoms with van der Waals surface area (Å²) < 4.78 is 5.91. The Morgan fingerprint density at radius 3 is 2.64 bits per heavy atom. The summed E-state index contributed by atoms with van der Waals surface area (Å²) in [5.74, 6) is 1.97. The first-order chi connectivity index (χ1) is 16.8. The summed E-state index contributed by atoms with van der Waals surface area (Å²) >= 11 is 0. The van der Waals surface area contributed by atoms with Crippen LogP contribution in [-0.4, -0.2) is 37.4 Å². The number of hydrogen-bond acceptors (Lipinski definition) is 4. The fraction of sp³-hybridized carbons (Fsp3) is 0.367. The number of nitrogens with one attached hydrogen (secondary N) is 1. The van der Waals surface area contributed by atoms with E-state index in [1.54, 1.807) is 0 Å². The third-order valence-corrected chi connectivity index (χ3v) is 7.30. The molecular formula is C30H36Cl2N2O2. The molecule has 2 heterocycles. The van der Waals surface area contributed by atoms with Crippen molar-refractivity contribution in [2.75, 3.05) is 26.2 Å². The molecule has 3 aromatic carbocycles. The van der Waals surface area contributed by atoms with Gasteiger partial charge in [0.05, 0.1) is 0 Å². The van der Waals surface area contributed by atoms with Gasteiger partial charge in [0.2, 0.25) is 0 Å². The van der Waals surface area contributed by atoms with Crippen LogP contribution in [0.1, 0.15) is 41.9 Å². The van der Waals surface area contributed by atoms with Gasteiger partial charge < -0.3 is 14.8 Å². The van der Waals surface area contributed by atoms with Gasteiger partial charge in [0, 0.05) is 38.2 Å². The lowest BCUT2D eigenvalue weighted by Gasteiger charge is -2.39. The third kappa shape index (κ3) is 6.89. The van der Waals surface area contributed by atoms with E-state index >= 15 is 0 Å². The number of piperidine rings is 1. The number of hydrogen-bond donors (Lipinski definition) is 1. The van der Waals surface area contributed by atoms with Crippen LogP contribution < -0.4 is 10.1 Å². The Morgan fingerprint density at radius 1 is 0.972 bits per heavy atom. The molecule has 0 radical (unpaired) electrons. The average molecular weight is 528 g/mol. The van der Waals surface area contributed by atoms with E-state index in [2.05, 4.69) is 83.0 Å². The molecule has 192 valence electrons. The first kappa shape index (κ1) is 28.2. The molecule has 1 N–H and O–H groups in total. The molecule has 36 heavy (non-hydrogen) atoms. The molecule has 2 aliphatic heterocycles. The lowest BCUT2D eigenvalue weighted by molar-refractivity contribution is -0.108. The Bertz CT molecular complexity index is 1110. The Labute approximate surface area is 227 Å². The summed E-state index contributed by atoms with van der Waals surface area (Å²) in [6, 6.07) is 26.3. The number of halogens is 2. The number of aldehydes is 1. The largest absolute Gasteiger partial charge is 0.492 e. The summed E-state index contributed by atoms with van der Waals surface area (Å²) in [5.41, 5.74) is 6.51. The van der Waals surface area contributed by atoms with E-state index < -0.39 is 0 Å². The highest BCUT2D eigenvalue weighted by Crippen LogP contribution is 2.38. The van der Waals surface area contributed by atoms with Crippen LogP contribution in [0.4, 0.5) is 0 Å². The molecule has 0 saturated carbocycles. The van der Waals surface area contributed by atoms with Gasteiger partial charge in [-0.05, 0) is 65.6 Å². The minimum absolute atomic E-state index is 0. The zero-order valence-electron chi connectivity index (χ0n) is 20.6. The maximum Gasteiger partial charge on any atom is 0.123 e. The van der Waals surface area contributed by atoms with Crippen LogP contribution in [-0.2, 0) is 17.9 Å². The molecule has 1 fully saturated rings. The second-order valence-electron chi connectivity index (χ2n) is 9.59. The van der Waals surface area contributed by atoms with Crippen LogP contribution in [0.2, 0.25) is 0 Å². The van der Waals surface area contributed by atoms with Gasteiger partial charge in [-0.2, -0.15) is 0 Å². The Kier molecular flexibility index (Phi) is 10.8. The van der Waals surface area contributed by atoms with Gasteiger partial charge in [-0.1, -0.05) is 60.7 Å². The van der Waals surface area contributed by atoms with Gasteiger partial charge >= 0.3 is 0 Å². The van der Waals surface area contributed by atoms with E-state index in [0.29, 0.717) is 24.9 Å². The second kappa shape index (κ2) is 13.8. The van der Waals surface area contributed by atoms with Gasteiger partial charge in [0.15, 0.2) is 0 Å².